The molecule has 66 valence electrons. The molecule has 0 aliphatic rings. The third kappa shape index (κ3) is 5.31. The third-order valence-electron chi connectivity index (χ3n) is 1.68. The second kappa shape index (κ2) is 6.71. The highest BCUT2D eigenvalue weighted by molar-refractivity contribution is 7.38. The lowest BCUT2D eigenvalue weighted by Gasteiger charge is -2.00. The highest BCUT2D eigenvalue weighted by Crippen LogP contribution is 2.29. The second-order valence-electron chi connectivity index (χ2n) is 2.68. The van der Waals surface area contributed by atoms with Crippen LogP contribution in [0.2, 0.25) is 0 Å². The molecule has 0 rings (SSSR count). The van der Waals surface area contributed by atoms with Gasteiger partial charge in [-0.1, -0.05) is 13.3 Å². The molecule has 0 bridgehead atoms. The van der Waals surface area contributed by atoms with Gasteiger partial charge in [0.15, 0.2) is 5.66 Å². The number of nitrogens with two attached hydrogens (primary N) is 1. The molecule has 0 aromatic rings. The number of hydrogen-bond acceptors (Lipinski definition) is 2. The molecule has 0 saturated heterocycles. The van der Waals surface area contributed by atoms with E-state index in [4.69, 9.17) is 10.6 Å². The summed E-state index contributed by atoms with van der Waals surface area (Å²) in [7, 11) is -1.99. The maximum absolute atomic E-state index is 10.7. The Morgan fingerprint density at radius 3 is 2.55 bits per heavy atom. The van der Waals surface area contributed by atoms with Gasteiger partial charge < -0.3 is 5.73 Å². The molecule has 0 aliphatic carbocycles. The minimum atomic E-state index is -1.99. The molecule has 0 saturated carbocycles. The summed E-state index contributed by atoms with van der Waals surface area (Å²) < 4.78 is 10.7. The van der Waals surface area contributed by atoms with Crippen LogP contribution in [0.5, 0.6) is 0 Å². The van der Waals surface area contributed by atoms with E-state index >= 15 is 0 Å². The van der Waals surface area contributed by atoms with Crippen LogP contribution in [0, 0.1) is 0 Å². The van der Waals surface area contributed by atoms with Gasteiger partial charge in [-0.3, -0.25) is 0 Å². The van der Waals surface area contributed by atoms with Gasteiger partial charge in [-0.2, -0.15) is 4.89 Å². The molecule has 11 heavy (non-hydrogen) atoms. The topological polar surface area (TPSA) is 63.3 Å². The van der Waals surface area contributed by atoms with Crippen LogP contribution in [0.3, 0.4) is 0 Å². The molecule has 0 spiro atoms. The first-order valence-corrected chi connectivity index (χ1v) is 5.35. The summed E-state index contributed by atoms with van der Waals surface area (Å²) in [6.45, 7) is 2.64. The zero-order valence-electron chi connectivity index (χ0n) is 6.99. The largest absolute Gasteiger partial charge is 0.508 e. The summed E-state index contributed by atoms with van der Waals surface area (Å²) in [5.74, 6) is 0. The molecular formula is C7H17NO2P+. The van der Waals surface area contributed by atoms with Crippen molar-refractivity contribution < 1.29 is 9.46 Å². The summed E-state index contributed by atoms with van der Waals surface area (Å²) >= 11 is 0. The minimum Gasteiger partial charge on any atom is -0.330 e. The Balaban J connectivity index is 3.60. The molecule has 0 aromatic carbocycles. The van der Waals surface area contributed by atoms with Gasteiger partial charge in [0, 0.05) is 0 Å². The van der Waals surface area contributed by atoms with Gasteiger partial charge in [0.25, 0.3) is 0 Å². The van der Waals surface area contributed by atoms with E-state index in [1.54, 1.807) is 0 Å². The van der Waals surface area contributed by atoms with E-state index < -0.39 is 8.03 Å². The maximum atomic E-state index is 10.7. The lowest BCUT2D eigenvalue weighted by molar-refractivity contribution is 0.473. The lowest BCUT2D eigenvalue weighted by Crippen LogP contribution is -2.06. The molecule has 3 N–H and O–H groups in total. The standard InChI is InChI=1S/C7H16NO2P/c1-2-4-7(11(9)10)5-3-6-8/h7H,2-6,8H2,1H3/p+1. The number of rotatable bonds is 6. The van der Waals surface area contributed by atoms with Gasteiger partial charge in [-0.15, -0.1) is 0 Å². The van der Waals surface area contributed by atoms with E-state index in [0.29, 0.717) is 6.54 Å². The van der Waals surface area contributed by atoms with Crippen molar-refractivity contribution in [2.24, 2.45) is 5.73 Å². The van der Waals surface area contributed by atoms with Crippen LogP contribution >= 0.6 is 8.03 Å². The molecule has 0 amide bonds. The third-order valence-corrected chi connectivity index (χ3v) is 2.82. The van der Waals surface area contributed by atoms with Crippen molar-refractivity contribution in [2.75, 3.05) is 6.54 Å². The molecule has 0 radical (unpaired) electrons. The van der Waals surface area contributed by atoms with Crippen LogP contribution < -0.4 is 5.73 Å². The van der Waals surface area contributed by atoms with Crippen LogP contribution in [0.25, 0.3) is 0 Å². The predicted octanol–water partition coefficient (Wildman–Crippen LogP) is 1.63. The smallest absolute Gasteiger partial charge is 0.330 e. The summed E-state index contributed by atoms with van der Waals surface area (Å²) in [6.07, 6.45) is 3.45. The minimum absolute atomic E-state index is 0.0291. The Labute approximate surface area is 68.9 Å². The molecule has 0 aromatic heterocycles. The number of hydrogen-bond donors (Lipinski definition) is 2. The first-order chi connectivity index (χ1) is 5.22. The zero-order valence-corrected chi connectivity index (χ0v) is 7.89. The fourth-order valence-corrected chi connectivity index (χ4v) is 1.93. The summed E-state index contributed by atoms with van der Waals surface area (Å²) in [4.78, 5) is 8.84. The molecule has 2 atom stereocenters. The van der Waals surface area contributed by atoms with Crippen LogP contribution in [0.1, 0.15) is 32.6 Å². The monoisotopic (exact) mass is 178 g/mol. The second-order valence-corrected chi connectivity index (χ2v) is 4.01. The first-order valence-electron chi connectivity index (χ1n) is 4.07. The SMILES string of the molecule is CCCC(CCCN)[P+](=O)O. The van der Waals surface area contributed by atoms with Crippen molar-refractivity contribution in [2.45, 2.75) is 38.3 Å². The predicted molar refractivity (Wildman–Crippen MR) is 46.8 cm³/mol. The van der Waals surface area contributed by atoms with E-state index in [9.17, 15) is 4.57 Å². The van der Waals surface area contributed by atoms with E-state index in [-0.39, 0.29) is 5.66 Å². The van der Waals surface area contributed by atoms with Crippen molar-refractivity contribution in [3.63, 3.8) is 0 Å². The average Bonchev–Trinajstić information content (AvgIpc) is 1.97. The van der Waals surface area contributed by atoms with Crippen molar-refractivity contribution in [3.05, 3.63) is 0 Å². The van der Waals surface area contributed by atoms with Crippen LogP contribution in [-0.2, 0) is 4.57 Å². The normalized spacial score (nSPS) is 14.6. The van der Waals surface area contributed by atoms with Gasteiger partial charge in [0.05, 0.1) is 0 Å². The van der Waals surface area contributed by atoms with Crippen LogP contribution in [0.15, 0.2) is 0 Å². The quantitative estimate of drug-likeness (QED) is 0.607. The first kappa shape index (κ1) is 11.0. The van der Waals surface area contributed by atoms with Crippen molar-refractivity contribution in [1.82, 2.24) is 0 Å². The van der Waals surface area contributed by atoms with E-state index in [0.717, 1.165) is 25.7 Å². The molecular weight excluding hydrogens is 161 g/mol. The highest BCUT2D eigenvalue weighted by atomic mass is 31.1. The van der Waals surface area contributed by atoms with E-state index in [2.05, 4.69) is 0 Å². The fraction of sp³-hybridized carbons (Fsp3) is 1.00. The molecule has 0 fully saturated rings. The van der Waals surface area contributed by atoms with Gasteiger partial charge in [-0.25, -0.2) is 0 Å². The Morgan fingerprint density at radius 2 is 2.18 bits per heavy atom. The Hall–Kier alpha value is 0.0200. The van der Waals surface area contributed by atoms with Gasteiger partial charge >= 0.3 is 8.03 Å². The van der Waals surface area contributed by atoms with Gasteiger partial charge in [0.2, 0.25) is 0 Å². The van der Waals surface area contributed by atoms with Gasteiger partial charge in [-0.05, 0) is 30.4 Å². The Morgan fingerprint density at radius 1 is 1.55 bits per heavy atom. The van der Waals surface area contributed by atoms with Crippen LogP contribution in [0.4, 0.5) is 0 Å². The Bertz CT molecular complexity index is 119. The highest BCUT2D eigenvalue weighted by Gasteiger charge is 2.26. The molecule has 0 aliphatic heterocycles. The molecule has 3 nitrogen and oxygen atoms in total. The van der Waals surface area contributed by atoms with Gasteiger partial charge in [0.1, 0.15) is 0 Å². The zero-order chi connectivity index (χ0) is 8.69. The average molecular weight is 178 g/mol. The van der Waals surface area contributed by atoms with Crippen LogP contribution in [-0.4, -0.2) is 17.1 Å². The van der Waals surface area contributed by atoms with Crippen molar-refractivity contribution in [1.29, 1.82) is 0 Å². The lowest BCUT2D eigenvalue weighted by atomic mass is 10.1. The summed E-state index contributed by atoms with van der Waals surface area (Å²) in [6, 6.07) is 0. The summed E-state index contributed by atoms with van der Waals surface area (Å²) in [5.41, 5.74) is 5.27. The fourth-order valence-electron chi connectivity index (χ4n) is 1.05. The van der Waals surface area contributed by atoms with Crippen molar-refractivity contribution >= 4 is 8.03 Å². The van der Waals surface area contributed by atoms with Crippen molar-refractivity contribution in [3.8, 4) is 0 Å². The summed E-state index contributed by atoms with van der Waals surface area (Å²) in [5, 5.41) is 0. The molecule has 0 heterocycles. The maximum Gasteiger partial charge on any atom is 0.508 e. The Kier molecular flexibility index (Phi) is 6.73. The molecule has 4 heteroatoms. The van der Waals surface area contributed by atoms with E-state index in [1.165, 1.54) is 0 Å². The molecule has 2 unspecified atom stereocenters. The van der Waals surface area contributed by atoms with E-state index in [1.807, 2.05) is 6.92 Å².